The maximum atomic E-state index is 14.2. The fourth-order valence-electron chi connectivity index (χ4n) is 2.28. The van der Waals surface area contributed by atoms with E-state index in [4.69, 9.17) is 5.73 Å². The highest BCUT2D eigenvalue weighted by Gasteiger charge is 2.41. The maximum absolute atomic E-state index is 14.2. The minimum Gasteiger partial charge on any atom is -0.328 e. The van der Waals surface area contributed by atoms with E-state index in [-0.39, 0.29) is 18.4 Å². The molecule has 0 heterocycles. The van der Waals surface area contributed by atoms with Crippen LogP contribution in [0.2, 0.25) is 0 Å². The van der Waals surface area contributed by atoms with Gasteiger partial charge in [0.25, 0.3) is 0 Å². The number of hydrogen-bond acceptors (Lipinski definition) is 1. The summed E-state index contributed by atoms with van der Waals surface area (Å²) in [6.45, 7) is 4.06. The lowest BCUT2D eigenvalue weighted by Crippen LogP contribution is -2.44. The lowest BCUT2D eigenvalue weighted by Gasteiger charge is -2.33. The van der Waals surface area contributed by atoms with Gasteiger partial charge in [0.2, 0.25) is 0 Å². The predicted octanol–water partition coefficient (Wildman–Crippen LogP) is 2.50. The van der Waals surface area contributed by atoms with Crippen LogP contribution in [0.25, 0.3) is 0 Å². The van der Waals surface area contributed by atoms with Crippen LogP contribution in [0, 0.1) is 11.8 Å². The van der Waals surface area contributed by atoms with Crippen LogP contribution in [-0.4, -0.2) is 12.2 Å². The van der Waals surface area contributed by atoms with E-state index in [9.17, 15) is 4.39 Å². The van der Waals surface area contributed by atoms with Crippen molar-refractivity contribution in [3.05, 3.63) is 0 Å². The third-order valence-electron chi connectivity index (χ3n) is 3.31. The molecule has 0 amide bonds. The third kappa shape index (κ3) is 1.63. The minimum absolute atomic E-state index is 0.0607. The first kappa shape index (κ1) is 9.97. The first-order valence-electron chi connectivity index (χ1n) is 5.00. The van der Waals surface area contributed by atoms with E-state index in [0.717, 1.165) is 12.8 Å². The Bertz CT molecular complexity index is 141. The van der Waals surface area contributed by atoms with Crippen molar-refractivity contribution in [2.24, 2.45) is 17.6 Å². The van der Waals surface area contributed by atoms with Gasteiger partial charge < -0.3 is 5.73 Å². The molecular formula is C10H20FN. The van der Waals surface area contributed by atoms with Crippen molar-refractivity contribution in [1.29, 1.82) is 0 Å². The van der Waals surface area contributed by atoms with Crippen molar-refractivity contribution in [2.45, 2.75) is 45.2 Å². The van der Waals surface area contributed by atoms with E-state index < -0.39 is 5.67 Å². The largest absolute Gasteiger partial charge is 0.328 e. The average molecular weight is 173 g/mol. The molecule has 1 rings (SSSR count). The van der Waals surface area contributed by atoms with Gasteiger partial charge in [-0.25, -0.2) is 4.39 Å². The van der Waals surface area contributed by atoms with Crippen LogP contribution in [0.4, 0.5) is 4.39 Å². The van der Waals surface area contributed by atoms with Crippen LogP contribution < -0.4 is 5.73 Å². The molecule has 0 saturated heterocycles. The number of nitrogens with two attached hydrogens (primary N) is 1. The van der Waals surface area contributed by atoms with Crippen LogP contribution >= 0.6 is 0 Å². The zero-order valence-electron chi connectivity index (χ0n) is 8.15. The average Bonchev–Trinajstić information content (AvgIpc) is 2.54. The normalized spacial score (nSPS) is 24.8. The number of halogens is 1. The van der Waals surface area contributed by atoms with E-state index in [0.29, 0.717) is 0 Å². The van der Waals surface area contributed by atoms with Gasteiger partial charge in [0.15, 0.2) is 0 Å². The second kappa shape index (κ2) is 3.73. The quantitative estimate of drug-likeness (QED) is 0.697. The molecule has 1 saturated carbocycles. The number of alkyl halides is 1. The van der Waals surface area contributed by atoms with Crippen LogP contribution in [0.5, 0.6) is 0 Å². The molecule has 72 valence electrons. The van der Waals surface area contributed by atoms with Crippen molar-refractivity contribution >= 4 is 0 Å². The SMILES string of the molecule is CC(C)C(F)(CN)C1CCCC1. The molecule has 2 heteroatoms. The first-order chi connectivity index (χ1) is 5.61. The fourth-order valence-corrected chi connectivity index (χ4v) is 2.28. The van der Waals surface area contributed by atoms with Gasteiger partial charge in [-0.3, -0.25) is 0 Å². The van der Waals surface area contributed by atoms with Gasteiger partial charge in [0, 0.05) is 6.54 Å². The van der Waals surface area contributed by atoms with Gasteiger partial charge in [0.1, 0.15) is 5.67 Å². The standard InChI is InChI=1S/C10H20FN/c1-8(2)10(11,7-12)9-5-3-4-6-9/h8-9H,3-7,12H2,1-2H3. The molecule has 1 fully saturated rings. The summed E-state index contributed by atoms with van der Waals surface area (Å²) in [5.41, 5.74) is 4.41. The topological polar surface area (TPSA) is 26.0 Å². The van der Waals surface area contributed by atoms with Gasteiger partial charge in [-0.05, 0) is 24.7 Å². The Morgan fingerprint density at radius 2 is 1.92 bits per heavy atom. The molecule has 0 aromatic heterocycles. The molecule has 2 N–H and O–H groups in total. The Labute approximate surface area is 74.5 Å². The summed E-state index contributed by atoms with van der Waals surface area (Å²) in [7, 11) is 0. The highest BCUT2D eigenvalue weighted by molar-refractivity contribution is 4.92. The lowest BCUT2D eigenvalue weighted by molar-refractivity contribution is 0.0417. The van der Waals surface area contributed by atoms with Crippen molar-refractivity contribution in [3.63, 3.8) is 0 Å². The van der Waals surface area contributed by atoms with Crippen molar-refractivity contribution in [2.75, 3.05) is 6.54 Å². The predicted molar refractivity (Wildman–Crippen MR) is 49.7 cm³/mol. The Morgan fingerprint density at radius 3 is 2.25 bits per heavy atom. The first-order valence-corrected chi connectivity index (χ1v) is 5.00. The molecule has 12 heavy (non-hydrogen) atoms. The molecule has 1 atom stereocenters. The van der Waals surface area contributed by atoms with Crippen LogP contribution in [-0.2, 0) is 0 Å². The van der Waals surface area contributed by atoms with Crippen molar-refractivity contribution < 1.29 is 4.39 Å². The van der Waals surface area contributed by atoms with Crippen molar-refractivity contribution in [1.82, 2.24) is 0 Å². The van der Waals surface area contributed by atoms with Crippen LogP contribution in [0.3, 0.4) is 0 Å². The van der Waals surface area contributed by atoms with Gasteiger partial charge in [0.05, 0.1) is 0 Å². The van der Waals surface area contributed by atoms with E-state index in [1.54, 1.807) is 0 Å². The van der Waals surface area contributed by atoms with Crippen molar-refractivity contribution in [3.8, 4) is 0 Å². The van der Waals surface area contributed by atoms with Gasteiger partial charge in [-0.2, -0.15) is 0 Å². The highest BCUT2D eigenvalue weighted by atomic mass is 19.1. The molecule has 1 aliphatic carbocycles. The summed E-state index contributed by atoms with van der Waals surface area (Å²) >= 11 is 0. The van der Waals surface area contributed by atoms with Gasteiger partial charge >= 0.3 is 0 Å². The highest BCUT2D eigenvalue weighted by Crippen LogP contribution is 2.40. The van der Waals surface area contributed by atoms with Gasteiger partial charge in [-0.1, -0.05) is 26.7 Å². The second-order valence-electron chi connectivity index (χ2n) is 4.27. The Kier molecular flexibility index (Phi) is 3.10. The smallest absolute Gasteiger partial charge is 0.128 e. The van der Waals surface area contributed by atoms with Crippen LogP contribution in [0.1, 0.15) is 39.5 Å². The monoisotopic (exact) mass is 173 g/mol. The van der Waals surface area contributed by atoms with E-state index >= 15 is 0 Å². The summed E-state index contributed by atoms with van der Waals surface area (Å²) < 4.78 is 14.2. The van der Waals surface area contributed by atoms with Gasteiger partial charge in [-0.15, -0.1) is 0 Å². The molecule has 1 nitrogen and oxygen atoms in total. The summed E-state index contributed by atoms with van der Waals surface area (Å²) in [6, 6.07) is 0. The molecule has 1 unspecified atom stereocenters. The minimum atomic E-state index is -1.10. The summed E-state index contributed by atoms with van der Waals surface area (Å²) in [4.78, 5) is 0. The molecule has 0 aromatic rings. The van der Waals surface area contributed by atoms with E-state index in [1.807, 2.05) is 13.8 Å². The van der Waals surface area contributed by atoms with E-state index in [1.165, 1.54) is 12.8 Å². The Morgan fingerprint density at radius 1 is 1.42 bits per heavy atom. The molecule has 0 spiro atoms. The Hall–Kier alpha value is -0.110. The Balaban J connectivity index is 2.64. The summed E-state index contributed by atoms with van der Waals surface area (Å²) in [6.07, 6.45) is 4.43. The summed E-state index contributed by atoms with van der Waals surface area (Å²) in [5, 5.41) is 0. The molecule has 0 bridgehead atoms. The molecule has 0 radical (unpaired) electrons. The molecule has 0 aliphatic heterocycles. The zero-order valence-corrected chi connectivity index (χ0v) is 8.15. The summed E-state index contributed by atoms with van der Waals surface area (Å²) in [5.74, 6) is 0.285. The molecular weight excluding hydrogens is 153 g/mol. The molecule has 0 aromatic carbocycles. The molecule has 1 aliphatic rings. The van der Waals surface area contributed by atoms with E-state index in [2.05, 4.69) is 0 Å². The van der Waals surface area contributed by atoms with Crippen LogP contribution in [0.15, 0.2) is 0 Å². The number of hydrogen-bond donors (Lipinski definition) is 1. The third-order valence-corrected chi connectivity index (χ3v) is 3.31. The second-order valence-corrected chi connectivity index (χ2v) is 4.27. The zero-order chi connectivity index (χ0) is 9.19. The fraction of sp³-hybridized carbons (Fsp3) is 1.00. The number of rotatable bonds is 3. The lowest BCUT2D eigenvalue weighted by atomic mass is 9.79. The maximum Gasteiger partial charge on any atom is 0.128 e.